The zero-order valence-corrected chi connectivity index (χ0v) is 11.2. The van der Waals surface area contributed by atoms with Gasteiger partial charge in [-0.1, -0.05) is 17.3 Å². The first kappa shape index (κ1) is 13.7. The molecule has 0 bridgehead atoms. The van der Waals surface area contributed by atoms with Crippen LogP contribution in [0.15, 0.2) is 30.5 Å². The summed E-state index contributed by atoms with van der Waals surface area (Å²) >= 11 is 0. The zero-order valence-electron chi connectivity index (χ0n) is 11.2. The number of aromatic nitrogens is 3. The molecule has 7 nitrogen and oxygen atoms in total. The number of nitrogens with zero attached hydrogens (tertiary/aromatic N) is 3. The van der Waals surface area contributed by atoms with E-state index in [4.69, 9.17) is 0 Å². The van der Waals surface area contributed by atoms with Gasteiger partial charge in [0.25, 0.3) is 5.91 Å². The summed E-state index contributed by atoms with van der Waals surface area (Å²) in [7, 11) is 3.02. The first-order valence-corrected chi connectivity index (χ1v) is 5.92. The number of methoxy groups -OCH3 is 1. The molecular formula is C13H14N4O3. The zero-order chi connectivity index (χ0) is 14.5. The fraction of sp³-hybridized carbons (Fsp3) is 0.231. The maximum Gasteiger partial charge on any atom is 0.337 e. The van der Waals surface area contributed by atoms with E-state index in [2.05, 4.69) is 20.4 Å². The molecule has 1 aromatic heterocycles. The number of ether oxygens (including phenoxy) is 1. The van der Waals surface area contributed by atoms with Gasteiger partial charge in [0.05, 0.1) is 18.9 Å². The summed E-state index contributed by atoms with van der Waals surface area (Å²) < 4.78 is 6.07. The highest BCUT2D eigenvalue weighted by molar-refractivity contribution is 5.92. The van der Waals surface area contributed by atoms with Crippen LogP contribution in [0.2, 0.25) is 0 Å². The Morgan fingerprint density at radius 1 is 1.30 bits per heavy atom. The third-order valence-corrected chi connectivity index (χ3v) is 2.66. The van der Waals surface area contributed by atoms with Crippen LogP contribution in [0.4, 0.5) is 0 Å². The summed E-state index contributed by atoms with van der Waals surface area (Å²) in [6, 6.07) is 6.80. The summed E-state index contributed by atoms with van der Waals surface area (Å²) in [5, 5.41) is 10.1. The lowest BCUT2D eigenvalue weighted by atomic mass is 10.1. The molecule has 104 valence electrons. The van der Waals surface area contributed by atoms with Crippen molar-refractivity contribution in [1.82, 2.24) is 20.3 Å². The molecule has 0 atom stereocenters. The van der Waals surface area contributed by atoms with Crippen LogP contribution in [-0.4, -0.2) is 34.0 Å². The highest BCUT2D eigenvalue weighted by Crippen LogP contribution is 2.05. The minimum atomic E-state index is -0.389. The number of hydrogen-bond donors (Lipinski definition) is 1. The first-order valence-electron chi connectivity index (χ1n) is 5.92. The van der Waals surface area contributed by atoms with E-state index in [0.29, 0.717) is 12.1 Å². The van der Waals surface area contributed by atoms with Crippen LogP contribution >= 0.6 is 0 Å². The van der Waals surface area contributed by atoms with Gasteiger partial charge in [-0.05, 0) is 17.7 Å². The van der Waals surface area contributed by atoms with Gasteiger partial charge in [0.2, 0.25) is 0 Å². The van der Waals surface area contributed by atoms with Crippen molar-refractivity contribution in [3.05, 3.63) is 47.3 Å². The molecule has 1 amide bonds. The largest absolute Gasteiger partial charge is 0.465 e. The summed E-state index contributed by atoms with van der Waals surface area (Å²) in [5.41, 5.74) is 1.60. The standard InChI is InChI=1S/C13H14N4O3/c1-17-8-11(15-16-17)12(18)14-7-9-3-5-10(6-4-9)13(19)20-2/h3-6,8H,7H2,1-2H3,(H,14,18). The average molecular weight is 274 g/mol. The Balaban J connectivity index is 1.94. The summed E-state index contributed by atoms with van der Waals surface area (Å²) in [6.07, 6.45) is 1.54. The number of carbonyl (C=O) groups excluding carboxylic acids is 2. The molecule has 0 aliphatic heterocycles. The molecule has 1 heterocycles. The van der Waals surface area contributed by atoms with Crippen LogP contribution in [0, 0.1) is 0 Å². The van der Waals surface area contributed by atoms with Crippen molar-refractivity contribution in [2.24, 2.45) is 7.05 Å². The fourth-order valence-electron chi connectivity index (χ4n) is 1.60. The van der Waals surface area contributed by atoms with Crippen LogP contribution in [-0.2, 0) is 18.3 Å². The van der Waals surface area contributed by atoms with E-state index in [0.717, 1.165) is 5.56 Å². The topological polar surface area (TPSA) is 86.1 Å². The number of rotatable bonds is 4. The number of amides is 1. The van der Waals surface area contributed by atoms with Crippen LogP contribution < -0.4 is 5.32 Å². The number of hydrogen-bond acceptors (Lipinski definition) is 5. The van der Waals surface area contributed by atoms with Crippen molar-refractivity contribution in [3.63, 3.8) is 0 Å². The Labute approximate surface area is 115 Å². The Hall–Kier alpha value is -2.70. The van der Waals surface area contributed by atoms with Gasteiger partial charge in [0.15, 0.2) is 5.69 Å². The quantitative estimate of drug-likeness (QED) is 0.822. The van der Waals surface area contributed by atoms with E-state index < -0.39 is 0 Å². The van der Waals surface area contributed by atoms with Crippen molar-refractivity contribution in [2.45, 2.75) is 6.54 Å². The second-order valence-corrected chi connectivity index (χ2v) is 4.15. The number of carbonyl (C=O) groups is 2. The predicted molar refractivity (Wildman–Crippen MR) is 70.0 cm³/mol. The molecule has 2 rings (SSSR count). The molecule has 0 fully saturated rings. The number of esters is 1. The molecule has 0 saturated heterocycles. The molecule has 0 spiro atoms. The van der Waals surface area contributed by atoms with Gasteiger partial charge in [-0.2, -0.15) is 0 Å². The van der Waals surface area contributed by atoms with Gasteiger partial charge < -0.3 is 10.1 Å². The third kappa shape index (κ3) is 3.19. The molecule has 7 heteroatoms. The van der Waals surface area contributed by atoms with Crippen LogP contribution in [0.5, 0.6) is 0 Å². The number of nitrogens with one attached hydrogen (secondary N) is 1. The fourth-order valence-corrected chi connectivity index (χ4v) is 1.60. The molecule has 20 heavy (non-hydrogen) atoms. The van der Waals surface area contributed by atoms with Crippen molar-refractivity contribution >= 4 is 11.9 Å². The van der Waals surface area contributed by atoms with E-state index in [9.17, 15) is 9.59 Å². The summed E-state index contributed by atoms with van der Waals surface area (Å²) in [6.45, 7) is 0.344. The lowest BCUT2D eigenvalue weighted by molar-refractivity contribution is 0.0600. The van der Waals surface area contributed by atoms with Crippen LogP contribution in [0.3, 0.4) is 0 Å². The van der Waals surface area contributed by atoms with Crippen molar-refractivity contribution in [3.8, 4) is 0 Å². The SMILES string of the molecule is COC(=O)c1ccc(CNC(=O)c2cn(C)nn2)cc1. The van der Waals surface area contributed by atoms with Crippen LogP contribution in [0.1, 0.15) is 26.4 Å². The summed E-state index contributed by atoms with van der Waals surface area (Å²) in [4.78, 5) is 23.0. The second kappa shape index (κ2) is 5.96. The molecule has 0 unspecified atom stereocenters. The van der Waals surface area contributed by atoms with Gasteiger partial charge in [-0.25, -0.2) is 4.79 Å². The predicted octanol–water partition coefficient (Wildman–Crippen LogP) is 0.532. The van der Waals surface area contributed by atoms with Gasteiger partial charge in [0.1, 0.15) is 0 Å². The van der Waals surface area contributed by atoms with Crippen LogP contribution in [0.25, 0.3) is 0 Å². The van der Waals surface area contributed by atoms with Crippen molar-refractivity contribution in [1.29, 1.82) is 0 Å². The van der Waals surface area contributed by atoms with E-state index in [1.807, 2.05) is 0 Å². The highest BCUT2D eigenvalue weighted by Gasteiger charge is 2.09. The van der Waals surface area contributed by atoms with E-state index in [-0.39, 0.29) is 17.6 Å². The highest BCUT2D eigenvalue weighted by atomic mass is 16.5. The molecule has 0 aliphatic rings. The maximum absolute atomic E-state index is 11.8. The van der Waals surface area contributed by atoms with E-state index in [1.54, 1.807) is 31.3 Å². The van der Waals surface area contributed by atoms with Gasteiger partial charge in [-0.15, -0.1) is 5.10 Å². The van der Waals surface area contributed by atoms with E-state index >= 15 is 0 Å². The normalized spacial score (nSPS) is 10.1. The Morgan fingerprint density at radius 3 is 2.55 bits per heavy atom. The Kier molecular flexibility index (Phi) is 4.09. The first-order chi connectivity index (χ1) is 9.60. The Bertz CT molecular complexity index is 619. The van der Waals surface area contributed by atoms with Gasteiger partial charge in [-0.3, -0.25) is 9.48 Å². The smallest absolute Gasteiger partial charge is 0.337 e. The maximum atomic E-state index is 11.8. The minimum absolute atomic E-state index is 0.263. The molecule has 0 radical (unpaired) electrons. The van der Waals surface area contributed by atoms with Crippen molar-refractivity contribution < 1.29 is 14.3 Å². The van der Waals surface area contributed by atoms with Gasteiger partial charge >= 0.3 is 5.97 Å². The third-order valence-electron chi connectivity index (χ3n) is 2.66. The molecule has 1 N–H and O–H groups in total. The lowest BCUT2D eigenvalue weighted by Gasteiger charge is -2.04. The lowest BCUT2D eigenvalue weighted by Crippen LogP contribution is -2.23. The molecular weight excluding hydrogens is 260 g/mol. The molecule has 1 aromatic carbocycles. The Morgan fingerprint density at radius 2 is 2.00 bits per heavy atom. The van der Waals surface area contributed by atoms with E-state index in [1.165, 1.54) is 18.0 Å². The van der Waals surface area contributed by atoms with Gasteiger partial charge in [0, 0.05) is 13.6 Å². The second-order valence-electron chi connectivity index (χ2n) is 4.15. The number of aryl methyl sites for hydroxylation is 1. The monoisotopic (exact) mass is 274 g/mol. The average Bonchev–Trinajstić information content (AvgIpc) is 2.91. The number of benzene rings is 1. The minimum Gasteiger partial charge on any atom is -0.465 e. The molecule has 2 aromatic rings. The molecule has 0 aliphatic carbocycles. The summed E-state index contributed by atoms with van der Waals surface area (Å²) in [5.74, 6) is -0.685. The molecule has 0 saturated carbocycles. The van der Waals surface area contributed by atoms with Crippen molar-refractivity contribution in [2.75, 3.05) is 7.11 Å².